The number of imidazole rings is 1. The molecular formula is C26H27F2N7O3. The number of fused-ring (bicyclic) bond motifs is 1. The summed E-state index contributed by atoms with van der Waals surface area (Å²) < 4.78 is 32.4. The lowest BCUT2D eigenvalue weighted by atomic mass is 10.1. The van der Waals surface area contributed by atoms with E-state index < -0.39 is 18.6 Å². The van der Waals surface area contributed by atoms with Crippen LogP contribution in [0.15, 0.2) is 49.1 Å². The van der Waals surface area contributed by atoms with Crippen LogP contribution in [-0.4, -0.2) is 79.1 Å². The summed E-state index contributed by atoms with van der Waals surface area (Å²) in [5, 5.41) is 9.23. The van der Waals surface area contributed by atoms with Crippen molar-refractivity contribution in [2.45, 2.75) is 32.9 Å². The van der Waals surface area contributed by atoms with E-state index in [4.69, 9.17) is 4.74 Å². The number of hydrogen-bond donors (Lipinski definition) is 1. The summed E-state index contributed by atoms with van der Waals surface area (Å²) in [6, 6.07) is 6.20. The molecule has 0 bridgehead atoms. The van der Waals surface area contributed by atoms with Crippen LogP contribution < -0.4 is 9.64 Å². The van der Waals surface area contributed by atoms with E-state index >= 15 is 0 Å². The minimum atomic E-state index is -2.91. The SMILES string of the molecule is Cc1nc2cnc(-c3cnc(N4CCN(C(C)C(=O)O)CC4)nc3)cn2c1Cc1ccccc1OC(F)F. The van der Waals surface area contributed by atoms with Gasteiger partial charge in [-0.2, -0.15) is 8.78 Å². The van der Waals surface area contributed by atoms with Crippen LogP contribution in [0.3, 0.4) is 0 Å². The molecule has 198 valence electrons. The Morgan fingerprint density at radius 3 is 2.47 bits per heavy atom. The Morgan fingerprint density at radius 2 is 1.79 bits per heavy atom. The number of aryl methyl sites for hydroxylation is 1. The van der Waals surface area contributed by atoms with Crippen LogP contribution in [0.4, 0.5) is 14.7 Å². The lowest BCUT2D eigenvalue weighted by molar-refractivity contribution is -0.142. The summed E-state index contributed by atoms with van der Waals surface area (Å²) in [6.07, 6.45) is 7.26. The van der Waals surface area contributed by atoms with Gasteiger partial charge in [-0.05, 0) is 19.9 Å². The second-order valence-electron chi connectivity index (χ2n) is 9.12. The summed E-state index contributed by atoms with van der Waals surface area (Å²) in [4.78, 5) is 33.3. The Balaban J connectivity index is 1.36. The van der Waals surface area contributed by atoms with Gasteiger partial charge in [-0.3, -0.25) is 19.1 Å². The predicted molar refractivity (Wildman–Crippen MR) is 136 cm³/mol. The molecule has 4 heterocycles. The third-order valence-corrected chi connectivity index (χ3v) is 6.79. The normalized spacial score (nSPS) is 15.2. The molecule has 1 atom stereocenters. The van der Waals surface area contributed by atoms with Crippen molar-refractivity contribution in [3.63, 3.8) is 0 Å². The molecule has 0 spiro atoms. The number of rotatable bonds is 8. The van der Waals surface area contributed by atoms with Crippen molar-refractivity contribution in [2.75, 3.05) is 31.1 Å². The van der Waals surface area contributed by atoms with Crippen LogP contribution in [0, 0.1) is 6.92 Å². The molecule has 0 aliphatic carbocycles. The molecule has 1 aliphatic rings. The van der Waals surface area contributed by atoms with E-state index in [9.17, 15) is 18.7 Å². The smallest absolute Gasteiger partial charge is 0.387 e. The fourth-order valence-electron chi connectivity index (χ4n) is 4.61. The standard InChI is InChI=1S/C26H27F2N7O3/c1-16-21(11-18-5-3-4-6-22(18)38-25(27)28)35-15-20(29-14-23(35)32-16)19-12-30-26(31-13-19)34-9-7-33(8-10-34)17(2)24(36)37/h3-6,12-15,17,25H,7-11H2,1-2H3,(H,36,37). The summed E-state index contributed by atoms with van der Waals surface area (Å²) in [7, 11) is 0. The van der Waals surface area contributed by atoms with E-state index in [2.05, 4.69) is 19.9 Å². The quantitative estimate of drug-likeness (QED) is 0.372. The number of aromatic nitrogens is 5. The predicted octanol–water partition coefficient (Wildman–Crippen LogP) is 3.28. The minimum absolute atomic E-state index is 0.133. The van der Waals surface area contributed by atoms with Gasteiger partial charge in [0.15, 0.2) is 5.65 Å². The molecule has 5 rings (SSSR count). The zero-order chi connectivity index (χ0) is 26.8. The number of benzene rings is 1. The lowest BCUT2D eigenvalue weighted by Gasteiger charge is -2.36. The first-order valence-electron chi connectivity index (χ1n) is 12.2. The molecule has 4 aromatic rings. The zero-order valence-corrected chi connectivity index (χ0v) is 21.0. The first-order chi connectivity index (χ1) is 18.3. The maximum absolute atomic E-state index is 12.9. The largest absolute Gasteiger partial charge is 0.480 e. The van der Waals surface area contributed by atoms with Crippen LogP contribution >= 0.6 is 0 Å². The van der Waals surface area contributed by atoms with Crippen molar-refractivity contribution >= 4 is 17.6 Å². The highest BCUT2D eigenvalue weighted by molar-refractivity contribution is 5.73. The van der Waals surface area contributed by atoms with Gasteiger partial charge in [-0.15, -0.1) is 0 Å². The molecule has 0 saturated carbocycles. The average Bonchev–Trinajstić information content (AvgIpc) is 3.23. The van der Waals surface area contributed by atoms with Crippen molar-refractivity contribution in [2.24, 2.45) is 0 Å². The molecule has 3 aromatic heterocycles. The summed E-state index contributed by atoms with van der Waals surface area (Å²) >= 11 is 0. The number of anilines is 1. The number of ether oxygens (including phenoxy) is 1. The van der Waals surface area contributed by atoms with Gasteiger partial charge in [-0.25, -0.2) is 15.0 Å². The van der Waals surface area contributed by atoms with Crippen LogP contribution in [-0.2, 0) is 11.2 Å². The van der Waals surface area contributed by atoms with E-state index in [1.54, 1.807) is 43.7 Å². The number of hydrogen-bond acceptors (Lipinski definition) is 8. The highest BCUT2D eigenvalue weighted by atomic mass is 19.3. The fraction of sp³-hybridized carbons (Fsp3) is 0.346. The summed E-state index contributed by atoms with van der Waals surface area (Å²) in [6.45, 7) is 3.15. The van der Waals surface area contributed by atoms with Crippen LogP contribution in [0.2, 0.25) is 0 Å². The first kappa shape index (κ1) is 25.5. The van der Waals surface area contributed by atoms with Gasteiger partial charge in [0.1, 0.15) is 11.8 Å². The van der Waals surface area contributed by atoms with E-state index in [0.29, 0.717) is 61.0 Å². The third-order valence-electron chi connectivity index (χ3n) is 6.79. The number of piperazine rings is 1. The third kappa shape index (κ3) is 5.25. The molecule has 1 aromatic carbocycles. The number of aliphatic carboxylic acids is 1. The molecule has 0 amide bonds. The Labute approximate surface area is 217 Å². The van der Waals surface area contributed by atoms with E-state index in [1.165, 1.54) is 6.07 Å². The second-order valence-corrected chi connectivity index (χ2v) is 9.12. The molecule has 1 unspecified atom stereocenters. The van der Waals surface area contributed by atoms with Crippen molar-refractivity contribution in [1.82, 2.24) is 29.2 Å². The summed E-state index contributed by atoms with van der Waals surface area (Å²) in [5.41, 5.74) is 4.22. The van der Waals surface area contributed by atoms with Gasteiger partial charge < -0.3 is 14.7 Å². The number of carboxylic acid groups (broad SMARTS) is 1. The van der Waals surface area contributed by atoms with Crippen LogP contribution in [0.1, 0.15) is 23.9 Å². The average molecular weight is 524 g/mol. The molecule has 1 saturated heterocycles. The van der Waals surface area contributed by atoms with E-state index in [0.717, 1.165) is 11.4 Å². The van der Waals surface area contributed by atoms with Crippen LogP contribution in [0.5, 0.6) is 5.75 Å². The van der Waals surface area contributed by atoms with Gasteiger partial charge in [0.25, 0.3) is 0 Å². The zero-order valence-electron chi connectivity index (χ0n) is 21.0. The number of alkyl halides is 2. The van der Waals surface area contributed by atoms with Gasteiger partial charge in [0, 0.05) is 62.3 Å². The number of para-hydroxylation sites is 1. The molecule has 12 heteroatoms. The molecular weight excluding hydrogens is 496 g/mol. The lowest BCUT2D eigenvalue weighted by Crippen LogP contribution is -2.52. The van der Waals surface area contributed by atoms with E-state index in [-0.39, 0.29) is 5.75 Å². The van der Waals surface area contributed by atoms with Gasteiger partial charge in [0.2, 0.25) is 5.95 Å². The number of nitrogens with zero attached hydrogens (tertiary/aromatic N) is 7. The minimum Gasteiger partial charge on any atom is -0.480 e. The monoisotopic (exact) mass is 523 g/mol. The number of carbonyl (C=O) groups is 1. The maximum atomic E-state index is 12.9. The van der Waals surface area contributed by atoms with Crippen molar-refractivity contribution in [3.8, 4) is 17.0 Å². The Morgan fingerprint density at radius 1 is 1.08 bits per heavy atom. The molecule has 1 N–H and O–H groups in total. The number of halogens is 2. The maximum Gasteiger partial charge on any atom is 0.387 e. The molecule has 1 aliphatic heterocycles. The summed E-state index contributed by atoms with van der Waals surface area (Å²) in [5.74, 6) is -0.119. The fourth-order valence-corrected chi connectivity index (χ4v) is 4.61. The van der Waals surface area contributed by atoms with Crippen molar-refractivity contribution in [1.29, 1.82) is 0 Å². The van der Waals surface area contributed by atoms with Gasteiger partial charge >= 0.3 is 12.6 Å². The topological polar surface area (TPSA) is 109 Å². The van der Waals surface area contributed by atoms with Gasteiger partial charge in [0.05, 0.1) is 23.3 Å². The molecule has 1 fully saturated rings. The highest BCUT2D eigenvalue weighted by Crippen LogP contribution is 2.26. The van der Waals surface area contributed by atoms with Crippen LogP contribution in [0.25, 0.3) is 16.9 Å². The first-order valence-corrected chi connectivity index (χ1v) is 12.2. The van der Waals surface area contributed by atoms with Crippen molar-refractivity contribution in [3.05, 3.63) is 66.0 Å². The number of carboxylic acids is 1. The van der Waals surface area contributed by atoms with Gasteiger partial charge in [-0.1, -0.05) is 18.2 Å². The molecule has 38 heavy (non-hydrogen) atoms. The second kappa shape index (κ2) is 10.7. The van der Waals surface area contributed by atoms with Crippen molar-refractivity contribution < 1.29 is 23.4 Å². The Bertz CT molecular complexity index is 1440. The van der Waals surface area contributed by atoms with E-state index in [1.807, 2.05) is 27.3 Å². The molecule has 10 nitrogen and oxygen atoms in total. The highest BCUT2D eigenvalue weighted by Gasteiger charge is 2.26. The Kier molecular flexibility index (Phi) is 7.14. The molecule has 0 radical (unpaired) electrons. The Hall–Kier alpha value is -4.19.